The number of nitrogens with two attached hydrogens (primary N) is 1. The lowest BCUT2D eigenvalue weighted by Crippen LogP contribution is -2.01. The summed E-state index contributed by atoms with van der Waals surface area (Å²) in [6.45, 7) is 0.613. The maximum atomic E-state index is 12.9. The van der Waals surface area contributed by atoms with Crippen LogP contribution in [0.1, 0.15) is 5.56 Å². The number of fused-ring (bicyclic) bond motifs is 1. The van der Waals surface area contributed by atoms with Gasteiger partial charge in [-0.05, 0) is 47.5 Å². The average Bonchev–Trinajstić information content (AvgIpc) is 2.49. The van der Waals surface area contributed by atoms with Crippen molar-refractivity contribution in [1.29, 1.82) is 0 Å². The average molecular weight is 232 g/mol. The molecular weight excluding hydrogens is 221 g/mol. The standard InChI is InChI=1S/C10H10FNS.ClH/c11-8-1-2-10-9(5-8)7(3-4-12)6-13-10;/h1-2,5-6H,3-4,12H2;1H. The molecule has 14 heavy (non-hydrogen) atoms. The fourth-order valence-electron chi connectivity index (χ4n) is 1.40. The third-order valence-corrected chi connectivity index (χ3v) is 3.04. The van der Waals surface area contributed by atoms with Crippen LogP contribution in [0.25, 0.3) is 10.1 Å². The predicted octanol–water partition coefficient (Wildman–Crippen LogP) is 2.96. The molecule has 0 aliphatic heterocycles. The van der Waals surface area contributed by atoms with Crippen LogP contribution in [-0.4, -0.2) is 6.54 Å². The highest BCUT2D eigenvalue weighted by atomic mass is 35.5. The fourth-order valence-corrected chi connectivity index (χ4v) is 2.38. The van der Waals surface area contributed by atoms with E-state index in [0.29, 0.717) is 6.54 Å². The Hall–Kier alpha value is -0.640. The van der Waals surface area contributed by atoms with Gasteiger partial charge in [-0.2, -0.15) is 0 Å². The Morgan fingerprint density at radius 1 is 1.36 bits per heavy atom. The lowest BCUT2D eigenvalue weighted by atomic mass is 10.1. The first-order chi connectivity index (χ1) is 6.31. The zero-order valence-electron chi connectivity index (χ0n) is 7.50. The SMILES string of the molecule is Cl.NCCc1csc2ccc(F)cc12. The number of rotatable bonds is 2. The van der Waals surface area contributed by atoms with Gasteiger partial charge in [0, 0.05) is 4.70 Å². The summed E-state index contributed by atoms with van der Waals surface area (Å²) in [5.74, 6) is -0.177. The molecule has 4 heteroatoms. The smallest absolute Gasteiger partial charge is 0.123 e. The van der Waals surface area contributed by atoms with Crippen LogP contribution in [0.4, 0.5) is 4.39 Å². The monoisotopic (exact) mass is 231 g/mol. The molecule has 76 valence electrons. The molecule has 0 aliphatic rings. The van der Waals surface area contributed by atoms with E-state index in [1.54, 1.807) is 17.4 Å². The minimum atomic E-state index is -0.177. The predicted molar refractivity (Wildman–Crippen MR) is 61.8 cm³/mol. The highest BCUT2D eigenvalue weighted by Gasteiger charge is 2.03. The van der Waals surface area contributed by atoms with Gasteiger partial charge < -0.3 is 5.73 Å². The first kappa shape index (κ1) is 11.4. The van der Waals surface area contributed by atoms with Gasteiger partial charge in [0.1, 0.15) is 5.82 Å². The Balaban J connectivity index is 0.000000980. The molecule has 1 aromatic carbocycles. The van der Waals surface area contributed by atoms with E-state index in [1.807, 2.05) is 6.07 Å². The molecule has 1 nitrogen and oxygen atoms in total. The zero-order chi connectivity index (χ0) is 9.26. The molecule has 2 aromatic rings. The van der Waals surface area contributed by atoms with Gasteiger partial charge in [-0.1, -0.05) is 0 Å². The molecule has 0 radical (unpaired) electrons. The summed E-state index contributed by atoms with van der Waals surface area (Å²) in [7, 11) is 0. The van der Waals surface area contributed by atoms with E-state index in [4.69, 9.17) is 5.73 Å². The molecule has 0 saturated heterocycles. The molecule has 1 aromatic heterocycles. The van der Waals surface area contributed by atoms with Gasteiger partial charge >= 0.3 is 0 Å². The van der Waals surface area contributed by atoms with Crippen LogP contribution in [-0.2, 0) is 6.42 Å². The van der Waals surface area contributed by atoms with E-state index in [2.05, 4.69) is 5.38 Å². The van der Waals surface area contributed by atoms with E-state index in [-0.39, 0.29) is 18.2 Å². The Labute approximate surface area is 92.1 Å². The van der Waals surface area contributed by atoms with E-state index in [1.165, 1.54) is 6.07 Å². The van der Waals surface area contributed by atoms with Crippen molar-refractivity contribution in [3.05, 3.63) is 35.0 Å². The van der Waals surface area contributed by atoms with E-state index >= 15 is 0 Å². The number of halogens is 2. The highest BCUT2D eigenvalue weighted by molar-refractivity contribution is 7.17. The van der Waals surface area contributed by atoms with Crippen LogP contribution in [0.15, 0.2) is 23.6 Å². The van der Waals surface area contributed by atoms with Gasteiger partial charge in [0.15, 0.2) is 0 Å². The summed E-state index contributed by atoms with van der Waals surface area (Å²) in [4.78, 5) is 0. The summed E-state index contributed by atoms with van der Waals surface area (Å²) >= 11 is 1.64. The number of hydrogen-bond acceptors (Lipinski definition) is 2. The number of benzene rings is 1. The van der Waals surface area contributed by atoms with Crippen molar-refractivity contribution >= 4 is 33.8 Å². The normalized spacial score (nSPS) is 10.1. The van der Waals surface area contributed by atoms with Crippen molar-refractivity contribution in [2.75, 3.05) is 6.54 Å². The molecule has 0 amide bonds. The largest absolute Gasteiger partial charge is 0.330 e. The van der Waals surface area contributed by atoms with Crippen LogP contribution in [0, 0.1) is 5.82 Å². The van der Waals surface area contributed by atoms with Gasteiger partial charge in [-0.15, -0.1) is 23.7 Å². The van der Waals surface area contributed by atoms with Gasteiger partial charge in [0.2, 0.25) is 0 Å². The van der Waals surface area contributed by atoms with Crippen LogP contribution in [0.2, 0.25) is 0 Å². The van der Waals surface area contributed by atoms with Gasteiger partial charge in [0.25, 0.3) is 0 Å². The van der Waals surface area contributed by atoms with Crippen LogP contribution < -0.4 is 5.73 Å². The molecular formula is C10H11ClFNS. The Morgan fingerprint density at radius 2 is 2.14 bits per heavy atom. The van der Waals surface area contributed by atoms with Crippen molar-refractivity contribution < 1.29 is 4.39 Å². The van der Waals surface area contributed by atoms with Crippen LogP contribution in [0.5, 0.6) is 0 Å². The van der Waals surface area contributed by atoms with E-state index < -0.39 is 0 Å². The molecule has 2 rings (SSSR count). The van der Waals surface area contributed by atoms with Crippen molar-refractivity contribution in [3.63, 3.8) is 0 Å². The fraction of sp³-hybridized carbons (Fsp3) is 0.200. The summed E-state index contributed by atoms with van der Waals surface area (Å²) < 4.78 is 14.0. The Kier molecular flexibility index (Phi) is 3.86. The quantitative estimate of drug-likeness (QED) is 0.845. The zero-order valence-corrected chi connectivity index (χ0v) is 9.13. The van der Waals surface area contributed by atoms with Crippen molar-refractivity contribution in [3.8, 4) is 0 Å². The second-order valence-electron chi connectivity index (χ2n) is 2.94. The Morgan fingerprint density at radius 3 is 2.86 bits per heavy atom. The summed E-state index contributed by atoms with van der Waals surface area (Å²) in [6.07, 6.45) is 0.823. The molecule has 0 spiro atoms. The highest BCUT2D eigenvalue weighted by Crippen LogP contribution is 2.26. The molecule has 0 aliphatic carbocycles. The van der Waals surface area contributed by atoms with Gasteiger partial charge in [-0.25, -0.2) is 4.39 Å². The summed E-state index contributed by atoms with van der Waals surface area (Å²) in [5.41, 5.74) is 6.61. The minimum absolute atomic E-state index is 0. The third-order valence-electron chi connectivity index (χ3n) is 2.03. The summed E-state index contributed by atoms with van der Waals surface area (Å²) in [5, 5.41) is 3.06. The Bertz CT molecular complexity index is 427. The lowest BCUT2D eigenvalue weighted by Gasteiger charge is -1.95. The topological polar surface area (TPSA) is 26.0 Å². The van der Waals surface area contributed by atoms with Crippen molar-refractivity contribution in [2.24, 2.45) is 5.73 Å². The second kappa shape index (κ2) is 4.73. The molecule has 0 unspecified atom stereocenters. The first-order valence-corrected chi connectivity index (χ1v) is 5.05. The van der Waals surface area contributed by atoms with E-state index in [9.17, 15) is 4.39 Å². The molecule has 0 bridgehead atoms. The minimum Gasteiger partial charge on any atom is -0.330 e. The van der Waals surface area contributed by atoms with E-state index in [0.717, 1.165) is 22.1 Å². The second-order valence-corrected chi connectivity index (χ2v) is 3.85. The summed E-state index contributed by atoms with van der Waals surface area (Å²) in [6, 6.07) is 4.89. The number of thiophene rings is 1. The van der Waals surface area contributed by atoms with Gasteiger partial charge in [0.05, 0.1) is 0 Å². The van der Waals surface area contributed by atoms with Crippen molar-refractivity contribution in [2.45, 2.75) is 6.42 Å². The molecule has 0 atom stereocenters. The molecule has 1 heterocycles. The molecule has 0 fully saturated rings. The number of hydrogen-bond donors (Lipinski definition) is 1. The molecule has 0 saturated carbocycles. The lowest BCUT2D eigenvalue weighted by molar-refractivity contribution is 0.629. The third kappa shape index (κ3) is 2.05. The van der Waals surface area contributed by atoms with Crippen molar-refractivity contribution in [1.82, 2.24) is 0 Å². The maximum Gasteiger partial charge on any atom is 0.123 e. The maximum absolute atomic E-state index is 12.9. The van der Waals surface area contributed by atoms with Crippen LogP contribution >= 0.6 is 23.7 Å². The van der Waals surface area contributed by atoms with Crippen LogP contribution in [0.3, 0.4) is 0 Å². The molecule has 2 N–H and O–H groups in total. The first-order valence-electron chi connectivity index (χ1n) is 4.17. The van der Waals surface area contributed by atoms with Gasteiger partial charge in [-0.3, -0.25) is 0 Å².